The second-order valence-electron chi connectivity index (χ2n) is 3.71. The van der Waals surface area contributed by atoms with Crippen molar-refractivity contribution in [1.29, 1.82) is 0 Å². The fraction of sp³-hybridized carbons (Fsp3) is 0.364. The van der Waals surface area contributed by atoms with Crippen molar-refractivity contribution in [1.82, 2.24) is 10.3 Å². The Labute approximate surface area is 104 Å². The Bertz CT molecular complexity index is 436. The molecule has 1 aromatic rings. The van der Waals surface area contributed by atoms with Gasteiger partial charge < -0.3 is 20.8 Å². The zero-order chi connectivity index (χ0) is 13.5. The highest BCUT2D eigenvalue weighted by Gasteiger charge is 2.12. The van der Waals surface area contributed by atoms with Gasteiger partial charge in [-0.25, -0.2) is 9.59 Å². The number of aliphatic hydroxyl groups is 1. The second kappa shape index (κ2) is 6.55. The largest absolute Gasteiger partial charge is 0.479 e. The molecule has 7 nitrogen and oxygen atoms in total. The molecule has 1 aromatic heterocycles. The molecule has 0 fully saturated rings. The highest BCUT2D eigenvalue weighted by molar-refractivity contribution is 5.89. The molecule has 98 valence electrons. The average molecular weight is 253 g/mol. The van der Waals surface area contributed by atoms with Crippen LogP contribution in [-0.4, -0.2) is 39.8 Å². The van der Waals surface area contributed by atoms with Crippen LogP contribution in [0.5, 0.6) is 0 Å². The second-order valence-corrected chi connectivity index (χ2v) is 3.71. The summed E-state index contributed by atoms with van der Waals surface area (Å²) in [6.07, 6.45) is 1.61. The van der Waals surface area contributed by atoms with Crippen LogP contribution in [0, 0.1) is 6.92 Å². The molecule has 4 N–H and O–H groups in total. The van der Waals surface area contributed by atoms with Crippen LogP contribution in [0.1, 0.15) is 12.0 Å². The molecule has 0 aliphatic carbocycles. The molecule has 1 unspecified atom stereocenters. The molecule has 0 aliphatic heterocycles. The molecule has 1 atom stereocenters. The number of aromatic nitrogens is 1. The first-order valence-electron chi connectivity index (χ1n) is 5.37. The maximum Gasteiger partial charge on any atom is 0.332 e. The van der Waals surface area contributed by atoms with Crippen LogP contribution in [0.25, 0.3) is 0 Å². The van der Waals surface area contributed by atoms with E-state index in [4.69, 9.17) is 10.2 Å². The summed E-state index contributed by atoms with van der Waals surface area (Å²) >= 11 is 0. The van der Waals surface area contributed by atoms with Crippen molar-refractivity contribution in [3.05, 3.63) is 24.0 Å². The van der Waals surface area contributed by atoms with Crippen LogP contribution in [-0.2, 0) is 4.79 Å². The van der Waals surface area contributed by atoms with Gasteiger partial charge in [0, 0.05) is 19.2 Å². The molecule has 0 aromatic carbocycles. The number of urea groups is 1. The summed E-state index contributed by atoms with van der Waals surface area (Å²) in [5.41, 5.74) is 1.44. The smallest absolute Gasteiger partial charge is 0.332 e. The predicted molar refractivity (Wildman–Crippen MR) is 64.3 cm³/mol. The Morgan fingerprint density at radius 1 is 1.50 bits per heavy atom. The first kappa shape index (κ1) is 13.9. The van der Waals surface area contributed by atoms with Crippen LogP contribution in [0.2, 0.25) is 0 Å². The number of aliphatic carboxylic acids is 1. The number of anilines is 1. The molecule has 0 saturated carbocycles. The van der Waals surface area contributed by atoms with Gasteiger partial charge in [-0.05, 0) is 18.6 Å². The summed E-state index contributed by atoms with van der Waals surface area (Å²) in [6.45, 7) is 1.89. The van der Waals surface area contributed by atoms with Gasteiger partial charge in [0.05, 0.1) is 11.9 Å². The standard InChI is InChI=1S/C11H15N3O4/c1-7-2-4-12-6-8(7)14-11(18)13-5-3-9(15)10(16)17/h2,4,6,9,15H,3,5H2,1H3,(H,16,17)(H2,13,14,18). The fourth-order valence-electron chi connectivity index (χ4n) is 1.21. The van der Waals surface area contributed by atoms with Gasteiger partial charge in [-0.1, -0.05) is 0 Å². The SMILES string of the molecule is Cc1ccncc1NC(=O)NCCC(O)C(=O)O. The number of aliphatic hydroxyl groups excluding tert-OH is 1. The van der Waals surface area contributed by atoms with Crippen LogP contribution in [0.4, 0.5) is 10.5 Å². The normalized spacial score (nSPS) is 11.7. The zero-order valence-corrected chi connectivity index (χ0v) is 9.88. The number of carbonyl (C=O) groups is 2. The molecule has 2 amide bonds. The molecule has 18 heavy (non-hydrogen) atoms. The van der Waals surface area contributed by atoms with E-state index >= 15 is 0 Å². The van der Waals surface area contributed by atoms with Gasteiger partial charge in [0.1, 0.15) is 0 Å². The number of hydrogen-bond acceptors (Lipinski definition) is 4. The lowest BCUT2D eigenvalue weighted by Crippen LogP contribution is -2.33. The van der Waals surface area contributed by atoms with E-state index in [2.05, 4.69) is 15.6 Å². The minimum Gasteiger partial charge on any atom is -0.479 e. The summed E-state index contributed by atoms with van der Waals surface area (Å²) in [5.74, 6) is -1.31. The minimum absolute atomic E-state index is 0.0469. The van der Waals surface area contributed by atoms with Crippen molar-refractivity contribution in [3.63, 3.8) is 0 Å². The Morgan fingerprint density at radius 3 is 2.83 bits per heavy atom. The lowest BCUT2D eigenvalue weighted by Gasteiger charge is -2.10. The molecule has 0 saturated heterocycles. The molecule has 0 radical (unpaired) electrons. The van der Waals surface area contributed by atoms with E-state index in [1.54, 1.807) is 12.3 Å². The maximum atomic E-state index is 11.4. The van der Waals surface area contributed by atoms with Crippen molar-refractivity contribution in [2.45, 2.75) is 19.4 Å². The molecule has 1 rings (SSSR count). The molecular formula is C11H15N3O4. The van der Waals surface area contributed by atoms with Crippen molar-refractivity contribution in [2.24, 2.45) is 0 Å². The van der Waals surface area contributed by atoms with E-state index < -0.39 is 18.1 Å². The number of nitrogens with zero attached hydrogens (tertiary/aromatic N) is 1. The zero-order valence-electron chi connectivity index (χ0n) is 9.88. The Balaban J connectivity index is 2.35. The summed E-state index contributed by atoms with van der Waals surface area (Å²) in [6, 6.07) is 1.28. The van der Waals surface area contributed by atoms with Crippen molar-refractivity contribution in [3.8, 4) is 0 Å². The van der Waals surface area contributed by atoms with Gasteiger partial charge in [0.2, 0.25) is 0 Å². The highest BCUT2D eigenvalue weighted by Crippen LogP contribution is 2.10. The third-order valence-corrected chi connectivity index (χ3v) is 2.28. The number of aryl methyl sites for hydroxylation is 1. The van der Waals surface area contributed by atoms with Gasteiger partial charge in [-0.2, -0.15) is 0 Å². The van der Waals surface area contributed by atoms with Crippen LogP contribution in [0.3, 0.4) is 0 Å². The Morgan fingerprint density at radius 2 is 2.22 bits per heavy atom. The van der Waals surface area contributed by atoms with E-state index in [9.17, 15) is 9.59 Å². The van der Waals surface area contributed by atoms with Gasteiger partial charge in [-0.3, -0.25) is 4.98 Å². The lowest BCUT2D eigenvalue weighted by atomic mass is 10.2. The lowest BCUT2D eigenvalue weighted by molar-refractivity contribution is -0.146. The van der Waals surface area contributed by atoms with E-state index in [1.807, 2.05) is 6.92 Å². The molecule has 0 spiro atoms. The van der Waals surface area contributed by atoms with E-state index in [0.717, 1.165) is 5.56 Å². The molecule has 1 heterocycles. The summed E-state index contributed by atoms with van der Waals surface area (Å²) in [7, 11) is 0. The number of nitrogens with one attached hydrogen (secondary N) is 2. The van der Waals surface area contributed by atoms with Crippen LogP contribution < -0.4 is 10.6 Å². The Kier molecular flexibility index (Phi) is 5.06. The molecule has 7 heteroatoms. The topological polar surface area (TPSA) is 112 Å². The van der Waals surface area contributed by atoms with Crippen LogP contribution >= 0.6 is 0 Å². The predicted octanol–water partition coefficient (Wildman–Crippen LogP) is 0.347. The number of amides is 2. The van der Waals surface area contributed by atoms with E-state index in [0.29, 0.717) is 5.69 Å². The number of carboxylic acids is 1. The first-order valence-corrected chi connectivity index (χ1v) is 5.37. The number of carboxylic acid groups (broad SMARTS) is 1. The third-order valence-electron chi connectivity index (χ3n) is 2.28. The first-order chi connectivity index (χ1) is 8.50. The highest BCUT2D eigenvalue weighted by atomic mass is 16.4. The summed E-state index contributed by atoms with van der Waals surface area (Å²) < 4.78 is 0. The maximum absolute atomic E-state index is 11.4. The van der Waals surface area contributed by atoms with E-state index in [-0.39, 0.29) is 13.0 Å². The molecular weight excluding hydrogens is 238 g/mol. The van der Waals surface area contributed by atoms with Gasteiger partial charge in [0.15, 0.2) is 6.10 Å². The fourth-order valence-corrected chi connectivity index (χ4v) is 1.21. The van der Waals surface area contributed by atoms with Gasteiger partial charge >= 0.3 is 12.0 Å². The monoisotopic (exact) mass is 253 g/mol. The van der Waals surface area contributed by atoms with Gasteiger partial charge in [-0.15, -0.1) is 0 Å². The Hall–Kier alpha value is -2.15. The van der Waals surface area contributed by atoms with Crippen LogP contribution in [0.15, 0.2) is 18.5 Å². The number of carbonyl (C=O) groups excluding carboxylic acids is 1. The number of rotatable bonds is 5. The van der Waals surface area contributed by atoms with E-state index in [1.165, 1.54) is 6.20 Å². The van der Waals surface area contributed by atoms with Crippen molar-refractivity contribution >= 4 is 17.7 Å². The van der Waals surface area contributed by atoms with Crippen molar-refractivity contribution < 1.29 is 19.8 Å². The van der Waals surface area contributed by atoms with Crippen molar-refractivity contribution in [2.75, 3.05) is 11.9 Å². The summed E-state index contributed by atoms with van der Waals surface area (Å²) in [5, 5.41) is 22.4. The third kappa shape index (κ3) is 4.38. The number of pyridine rings is 1. The minimum atomic E-state index is -1.47. The molecule has 0 bridgehead atoms. The summed E-state index contributed by atoms with van der Waals surface area (Å²) in [4.78, 5) is 25.6. The number of hydrogen-bond donors (Lipinski definition) is 4. The average Bonchev–Trinajstić information content (AvgIpc) is 2.32. The van der Waals surface area contributed by atoms with Gasteiger partial charge in [0.25, 0.3) is 0 Å². The quantitative estimate of drug-likeness (QED) is 0.605. The molecule has 0 aliphatic rings.